The molecule has 0 bridgehead atoms. The maximum absolute atomic E-state index is 9.01. The zero-order chi connectivity index (χ0) is 12.0. The summed E-state index contributed by atoms with van der Waals surface area (Å²) in [5.41, 5.74) is 7.00. The summed E-state index contributed by atoms with van der Waals surface area (Å²) in [6, 6.07) is 0. The van der Waals surface area contributed by atoms with E-state index in [1.807, 2.05) is 0 Å². The number of nitrogen functional groups attached to an aromatic ring is 2. The van der Waals surface area contributed by atoms with E-state index in [9.17, 15) is 0 Å². The van der Waals surface area contributed by atoms with Crippen LogP contribution in [0.25, 0.3) is 5.53 Å². The van der Waals surface area contributed by atoms with Crippen molar-refractivity contribution in [2.75, 3.05) is 11.6 Å². The van der Waals surface area contributed by atoms with Crippen LogP contribution in [0.2, 0.25) is 0 Å². The molecule has 13 nitrogen and oxygen atoms in total. The van der Waals surface area contributed by atoms with E-state index >= 15 is 0 Å². The molecule has 0 unspecified atom stereocenters. The highest BCUT2D eigenvalue weighted by atomic mass is 16.8. The van der Waals surface area contributed by atoms with Crippen LogP contribution in [-0.2, 0) is 7.05 Å². The molecule has 1 rings (SSSR count). The number of rotatable bonds is 2. The van der Waals surface area contributed by atoms with Crippen LogP contribution in [0.1, 0.15) is 0 Å². The van der Waals surface area contributed by atoms with Gasteiger partial charge in [0.15, 0.2) is 0 Å². The Bertz CT molecular complexity index is 325. The first-order chi connectivity index (χ1) is 6.84. The Labute approximate surface area is 81.4 Å². The van der Waals surface area contributed by atoms with Crippen LogP contribution in [-0.4, -0.2) is 25.3 Å². The van der Waals surface area contributed by atoms with Crippen molar-refractivity contribution in [1.29, 1.82) is 0 Å². The lowest BCUT2D eigenvalue weighted by Gasteiger charge is -1.92. The predicted molar refractivity (Wildman–Crippen MR) is 43.1 cm³/mol. The standard InChI is InChI=1S/C2H6N6.N3O4/c1-7-2(3)8(4)6-5-7;4-2(5)1-3(6)7/h3H,4H2,1H3;/q;-1/p+1. The second kappa shape index (κ2) is 5.10. The minimum Gasteiger partial charge on any atom is -0.305 e. The molecular formula is C2H7N9O4. The number of aromatic nitrogens is 4. The van der Waals surface area contributed by atoms with E-state index in [4.69, 9.17) is 31.8 Å². The molecule has 0 aliphatic rings. The van der Waals surface area contributed by atoms with Gasteiger partial charge in [-0.2, -0.15) is 0 Å². The molecule has 0 aliphatic carbocycles. The van der Waals surface area contributed by atoms with Crippen molar-refractivity contribution in [1.82, 2.24) is 15.2 Å². The third kappa shape index (κ3) is 4.76. The fourth-order valence-corrected chi connectivity index (χ4v) is 0.403. The molecule has 0 radical (unpaired) electrons. The Hall–Kier alpha value is -2.73. The number of anilines is 1. The van der Waals surface area contributed by atoms with E-state index in [0.29, 0.717) is 5.95 Å². The summed E-state index contributed by atoms with van der Waals surface area (Å²) in [5.74, 6) is 5.46. The lowest BCUT2D eigenvalue weighted by Crippen LogP contribution is -2.34. The molecular weight excluding hydrogens is 214 g/mol. The van der Waals surface area contributed by atoms with Crippen molar-refractivity contribution < 1.29 is 14.7 Å². The van der Waals surface area contributed by atoms with Crippen molar-refractivity contribution in [3.05, 3.63) is 25.8 Å². The summed E-state index contributed by atoms with van der Waals surface area (Å²) in [5, 5.41) is 22.2. The molecule has 0 amide bonds. The van der Waals surface area contributed by atoms with Crippen LogP contribution in [0.5, 0.6) is 0 Å². The Morgan fingerprint density at radius 3 is 2.00 bits per heavy atom. The highest BCUT2D eigenvalue weighted by Crippen LogP contribution is 1.82. The number of hydrogen-bond acceptors (Lipinski definition) is 8. The van der Waals surface area contributed by atoms with Crippen molar-refractivity contribution >= 4 is 5.95 Å². The molecule has 0 fully saturated rings. The normalized spacial score (nSPS) is 8.60. The predicted octanol–water partition coefficient (Wildman–Crippen LogP) is -2.86. The van der Waals surface area contributed by atoms with E-state index in [1.54, 1.807) is 12.6 Å². The molecule has 15 heavy (non-hydrogen) atoms. The molecule has 1 aromatic rings. The van der Waals surface area contributed by atoms with Crippen molar-refractivity contribution in [3.63, 3.8) is 0 Å². The highest BCUT2D eigenvalue weighted by Gasteiger charge is 2.06. The van der Waals surface area contributed by atoms with Gasteiger partial charge in [0.2, 0.25) is 0 Å². The van der Waals surface area contributed by atoms with Crippen molar-refractivity contribution in [2.24, 2.45) is 7.05 Å². The van der Waals surface area contributed by atoms with E-state index in [2.05, 4.69) is 10.4 Å². The quantitative estimate of drug-likeness (QED) is 0.230. The first-order valence-electron chi connectivity index (χ1n) is 3.17. The maximum Gasteiger partial charge on any atom is 0.385 e. The maximum atomic E-state index is 9.01. The summed E-state index contributed by atoms with van der Waals surface area (Å²) in [7, 11) is 1.66. The fraction of sp³-hybridized carbons (Fsp3) is 0.500. The number of nitrogens with two attached hydrogens (primary N) is 2. The van der Waals surface area contributed by atoms with Gasteiger partial charge >= 0.3 is 5.95 Å². The smallest absolute Gasteiger partial charge is 0.305 e. The second-order valence-electron chi connectivity index (χ2n) is 1.97. The second-order valence-corrected chi connectivity index (χ2v) is 1.97. The molecule has 84 valence electrons. The van der Waals surface area contributed by atoms with E-state index in [0.717, 1.165) is 4.79 Å². The van der Waals surface area contributed by atoms with Gasteiger partial charge in [-0.1, -0.05) is 0 Å². The minimum absolute atomic E-state index is 0.324. The molecule has 13 heteroatoms. The van der Waals surface area contributed by atoms with Gasteiger partial charge in [-0.25, -0.2) is 0 Å². The highest BCUT2D eigenvalue weighted by molar-refractivity contribution is 5.01. The summed E-state index contributed by atoms with van der Waals surface area (Å²) in [6.45, 7) is 0. The summed E-state index contributed by atoms with van der Waals surface area (Å²) >= 11 is 0. The number of nitro groups is 2. The lowest BCUT2D eigenvalue weighted by molar-refractivity contribution is -0.718. The van der Waals surface area contributed by atoms with Crippen LogP contribution in [0.4, 0.5) is 5.95 Å². The van der Waals surface area contributed by atoms with Gasteiger partial charge in [0.1, 0.15) is 5.21 Å². The Morgan fingerprint density at radius 1 is 1.47 bits per heavy atom. The zero-order valence-electron chi connectivity index (χ0n) is 7.42. The van der Waals surface area contributed by atoms with Crippen LogP contribution in [0, 0.1) is 20.2 Å². The Kier molecular flexibility index (Phi) is 4.17. The third-order valence-corrected chi connectivity index (χ3v) is 0.983. The number of aryl methyl sites for hydroxylation is 1. The molecule has 0 aromatic carbocycles. The van der Waals surface area contributed by atoms with E-state index < -0.39 is 10.1 Å². The molecule has 0 aliphatic heterocycles. The first-order valence-corrected chi connectivity index (χ1v) is 3.17. The summed E-state index contributed by atoms with van der Waals surface area (Å²) < 4.78 is 1.38. The molecule has 0 saturated heterocycles. The SMILES string of the molecule is C[n+]1nnn(N)c1N.O=[N+]([O-])[N-][N+](=O)[O-]. The first kappa shape index (κ1) is 12.3. The van der Waals surface area contributed by atoms with E-state index in [1.165, 1.54) is 4.68 Å². The molecule has 1 aromatic heterocycles. The number of tetrazole rings is 1. The summed E-state index contributed by atoms with van der Waals surface area (Å²) in [6.07, 6.45) is 0. The minimum atomic E-state index is -1.38. The summed E-state index contributed by atoms with van der Waals surface area (Å²) in [4.78, 5) is 19.0. The Morgan fingerprint density at radius 2 is 1.93 bits per heavy atom. The monoisotopic (exact) mass is 221 g/mol. The zero-order valence-corrected chi connectivity index (χ0v) is 7.42. The van der Waals surface area contributed by atoms with Gasteiger partial charge in [-0.15, -0.1) is 4.68 Å². The molecule has 1 heterocycles. The molecule has 0 atom stereocenters. The largest absolute Gasteiger partial charge is 0.385 e. The van der Waals surface area contributed by atoms with Crippen molar-refractivity contribution in [2.45, 2.75) is 0 Å². The van der Waals surface area contributed by atoms with E-state index in [-0.39, 0.29) is 0 Å². The van der Waals surface area contributed by atoms with Gasteiger partial charge in [-0.3, -0.25) is 26.1 Å². The number of nitrogens with zero attached hydrogens (tertiary/aromatic N) is 7. The van der Waals surface area contributed by atoms with Crippen molar-refractivity contribution in [3.8, 4) is 0 Å². The molecule has 0 saturated carbocycles. The van der Waals surface area contributed by atoms with Crippen LogP contribution in [0.15, 0.2) is 0 Å². The molecule has 4 N–H and O–H groups in total. The van der Waals surface area contributed by atoms with Gasteiger partial charge in [0.25, 0.3) is 0 Å². The Balaban J connectivity index is 0.000000265. The number of hydrogen-bond donors (Lipinski definition) is 2. The van der Waals surface area contributed by atoms with Gasteiger partial charge in [0, 0.05) is 14.9 Å². The van der Waals surface area contributed by atoms with Gasteiger partial charge < -0.3 is 5.73 Å². The third-order valence-electron chi connectivity index (χ3n) is 0.983. The average Bonchev–Trinajstić information content (AvgIpc) is 2.35. The van der Waals surface area contributed by atoms with Gasteiger partial charge in [0.05, 0.1) is 12.3 Å². The van der Waals surface area contributed by atoms with Crippen LogP contribution < -0.4 is 16.3 Å². The van der Waals surface area contributed by atoms with Gasteiger partial charge in [-0.05, 0) is 5.53 Å². The van der Waals surface area contributed by atoms with Crippen LogP contribution >= 0.6 is 0 Å². The molecule has 0 spiro atoms. The fourth-order valence-electron chi connectivity index (χ4n) is 0.403. The lowest BCUT2D eigenvalue weighted by atomic mass is 11.0. The topological polar surface area (TPSA) is 187 Å². The van der Waals surface area contributed by atoms with Crippen LogP contribution in [0.3, 0.4) is 0 Å². The average molecular weight is 221 g/mol.